The Labute approximate surface area is 164 Å². The minimum absolute atomic E-state index is 0.00279. The zero-order valence-corrected chi connectivity index (χ0v) is 15.5. The summed E-state index contributed by atoms with van der Waals surface area (Å²) in [6.45, 7) is 0.0300. The van der Waals surface area contributed by atoms with E-state index >= 15 is 0 Å². The fourth-order valence-corrected chi connectivity index (χ4v) is 3.42. The lowest BCUT2D eigenvalue weighted by molar-refractivity contribution is -0.122. The van der Waals surface area contributed by atoms with Gasteiger partial charge in [-0.15, -0.1) is 0 Å². The summed E-state index contributed by atoms with van der Waals surface area (Å²) in [5, 5.41) is 2.67. The molecule has 0 spiro atoms. The van der Waals surface area contributed by atoms with Crippen molar-refractivity contribution in [2.75, 3.05) is 13.1 Å². The normalized spacial score (nSPS) is 15.5. The highest BCUT2D eigenvalue weighted by Gasteiger charge is 2.34. The summed E-state index contributed by atoms with van der Waals surface area (Å²) in [5.41, 5.74) is 0.659. The van der Waals surface area contributed by atoms with Crippen LogP contribution in [-0.4, -0.2) is 35.0 Å². The molecule has 1 aliphatic rings. The first-order chi connectivity index (χ1) is 13.0. The van der Waals surface area contributed by atoms with E-state index in [0.29, 0.717) is 9.93 Å². The number of nitrogens with one attached hydrogen (secondary N) is 1. The molecule has 1 heterocycles. The van der Waals surface area contributed by atoms with Crippen LogP contribution in [0.4, 0.5) is 9.18 Å². The van der Waals surface area contributed by atoms with Crippen LogP contribution in [0.15, 0.2) is 53.4 Å². The van der Waals surface area contributed by atoms with Gasteiger partial charge in [-0.05, 0) is 47.7 Å². The van der Waals surface area contributed by atoms with Crippen LogP contribution in [0, 0.1) is 5.82 Å². The van der Waals surface area contributed by atoms with Gasteiger partial charge in [0.25, 0.3) is 17.1 Å². The Kier molecular flexibility index (Phi) is 5.93. The Morgan fingerprint density at radius 1 is 1.15 bits per heavy atom. The standard InChI is InChI=1S/C19H14ClFN2O3S/c20-13-7-5-12(6-8-13)11-16-18(25)23(19(26)27-16)10-9-22-17(24)14-3-1-2-4-15(14)21/h1-8,11H,9-10H2,(H,22,24)/b16-11-. The predicted molar refractivity (Wildman–Crippen MR) is 103 cm³/mol. The first-order valence-electron chi connectivity index (χ1n) is 7.99. The second-order valence-electron chi connectivity index (χ2n) is 5.62. The molecule has 2 aromatic carbocycles. The number of carbonyl (C=O) groups is 3. The van der Waals surface area contributed by atoms with Crippen molar-refractivity contribution in [3.05, 3.63) is 75.4 Å². The molecular formula is C19H14ClFN2O3S. The molecule has 27 heavy (non-hydrogen) atoms. The van der Waals surface area contributed by atoms with E-state index in [9.17, 15) is 18.8 Å². The maximum absolute atomic E-state index is 13.6. The van der Waals surface area contributed by atoms with E-state index in [1.807, 2.05) is 0 Å². The lowest BCUT2D eigenvalue weighted by Crippen LogP contribution is -2.37. The Bertz CT molecular complexity index is 931. The van der Waals surface area contributed by atoms with Crippen molar-refractivity contribution in [2.24, 2.45) is 0 Å². The monoisotopic (exact) mass is 404 g/mol. The van der Waals surface area contributed by atoms with Crippen molar-refractivity contribution in [1.29, 1.82) is 0 Å². The number of halogens is 2. The average Bonchev–Trinajstić information content (AvgIpc) is 2.91. The Balaban J connectivity index is 1.60. The summed E-state index contributed by atoms with van der Waals surface area (Å²) in [6.07, 6.45) is 1.61. The van der Waals surface area contributed by atoms with Crippen LogP contribution in [0.2, 0.25) is 5.02 Å². The molecule has 138 valence electrons. The van der Waals surface area contributed by atoms with Crippen LogP contribution < -0.4 is 5.32 Å². The average molecular weight is 405 g/mol. The fourth-order valence-electron chi connectivity index (χ4n) is 2.42. The van der Waals surface area contributed by atoms with Gasteiger partial charge in [0, 0.05) is 18.1 Å². The summed E-state index contributed by atoms with van der Waals surface area (Å²) in [6, 6.07) is 12.4. The van der Waals surface area contributed by atoms with Crippen LogP contribution in [0.1, 0.15) is 15.9 Å². The Hall–Kier alpha value is -2.64. The van der Waals surface area contributed by atoms with Crippen LogP contribution in [0.5, 0.6) is 0 Å². The lowest BCUT2D eigenvalue weighted by atomic mass is 10.2. The number of thioether (sulfide) groups is 1. The maximum atomic E-state index is 13.6. The van der Waals surface area contributed by atoms with Crippen molar-refractivity contribution in [3.63, 3.8) is 0 Å². The smallest absolute Gasteiger partial charge is 0.293 e. The molecule has 3 rings (SSSR count). The molecule has 1 aliphatic heterocycles. The van der Waals surface area contributed by atoms with Gasteiger partial charge in [0.2, 0.25) is 0 Å². The lowest BCUT2D eigenvalue weighted by Gasteiger charge is -2.13. The van der Waals surface area contributed by atoms with E-state index in [4.69, 9.17) is 11.6 Å². The number of hydrogen-bond acceptors (Lipinski definition) is 4. The molecule has 2 aromatic rings. The number of rotatable bonds is 5. The number of hydrogen-bond donors (Lipinski definition) is 1. The van der Waals surface area contributed by atoms with Gasteiger partial charge in [0.05, 0.1) is 10.5 Å². The third kappa shape index (κ3) is 4.56. The molecule has 0 aliphatic carbocycles. The van der Waals surface area contributed by atoms with Gasteiger partial charge >= 0.3 is 0 Å². The minimum atomic E-state index is -0.632. The van der Waals surface area contributed by atoms with E-state index in [2.05, 4.69) is 5.32 Å². The van der Waals surface area contributed by atoms with Crippen LogP contribution in [0.3, 0.4) is 0 Å². The first-order valence-corrected chi connectivity index (χ1v) is 9.19. The molecule has 5 nitrogen and oxygen atoms in total. The van der Waals surface area contributed by atoms with Gasteiger partial charge in [-0.2, -0.15) is 0 Å². The summed E-state index contributed by atoms with van der Waals surface area (Å²) in [5.74, 6) is -1.66. The highest BCUT2D eigenvalue weighted by molar-refractivity contribution is 8.18. The zero-order chi connectivity index (χ0) is 19.4. The molecule has 3 amide bonds. The molecule has 1 N–H and O–H groups in total. The molecule has 0 aromatic heterocycles. The molecule has 0 unspecified atom stereocenters. The molecule has 0 radical (unpaired) electrons. The highest BCUT2D eigenvalue weighted by atomic mass is 35.5. The molecule has 1 saturated heterocycles. The van der Waals surface area contributed by atoms with Crippen LogP contribution in [-0.2, 0) is 4.79 Å². The quantitative estimate of drug-likeness (QED) is 0.766. The molecule has 0 bridgehead atoms. The number of benzene rings is 2. The van der Waals surface area contributed by atoms with Gasteiger partial charge in [-0.1, -0.05) is 35.9 Å². The number of nitrogens with zero attached hydrogens (tertiary/aromatic N) is 1. The Morgan fingerprint density at radius 3 is 2.56 bits per heavy atom. The van der Waals surface area contributed by atoms with Crippen LogP contribution in [0.25, 0.3) is 6.08 Å². The number of amides is 3. The molecule has 8 heteroatoms. The minimum Gasteiger partial charge on any atom is -0.350 e. The van der Waals surface area contributed by atoms with E-state index in [1.54, 1.807) is 36.4 Å². The van der Waals surface area contributed by atoms with E-state index < -0.39 is 22.9 Å². The highest BCUT2D eigenvalue weighted by Crippen LogP contribution is 2.32. The summed E-state index contributed by atoms with van der Waals surface area (Å²) >= 11 is 6.66. The molecular weight excluding hydrogens is 391 g/mol. The summed E-state index contributed by atoms with van der Waals surface area (Å²) in [4.78, 5) is 37.8. The number of carbonyl (C=O) groups excluding carboxylic acids is 3. The number of imide groups is 1. The zero-order valence-electron chi connectivity index (χ0n) is 13.9. The van der Waals surface area contributed by atoms with Gasteiger partial charge in [0.15, 0.2) is 0 Å². The van der Waals surface area contributed by atoms with Crippen LogP contribution >= 0.6 is 23.4 Å². The van der Waals surface area contributed by atoms with E-state index in [1.165, 1.54) is 18.2 Å². The molecule has 1 fully saturated rings. The SMILES string of the molecule is O=C(NCCN1C(=O)S/C(=C\c2ccc(Cl)cc2)C1=O)c1ccccc1F. The third-order valence-corrected chi connectivity index (χ3v) is 4.94. The van der Waals surface area contributed by atoms with Gasteiger partial charge in [-0.3, -0.25) is 19.3 Å². The van der Waals surface area contributed by atoms with Crippen molar-refractivity contribution in [1.82, 2.24) is 10.2 Å². The van der Waals surface area contributed by atoms with Crippen molar-refractivity contribution < 1.29 is 18.8 Å². The van der Waals surface area contributed by atoms with Gasteiger partial charge < -0.3 is 5.32 Å². The first kappa shape index (κ1) is 19.1. The largest absolute Gasteiger partial charge is 0.350 e. The fraction of sp³-hybridized carbons (Fsp3) is 0.105. The van der Waals surface area contributed by atoms with Gasteiger partial charge in [0.1, 0.15) is 5.82 Å². The second-order valence-corrected chi connectivity index (χ2v) is 7.05. The van der Waals surface area contributed by atoms with E-state index in [-0.39, 0.29) is 18.7 Å². The Morgan fingerprint density at radius 2 is 1.85 bits per heavy atom. The summed E-state index contributed by atoms with van der Waals surface area (Å²) < 4.78 is 13.6. The third-order valence-electron chi connectivity index (χ3n) is 3.78. The maximum Gasteiger partial charge on any atom is 0.293 e. The van der Waals surface area contributed by atoms with Crippen molar-refractivity contribution in [3.8, 4) is 0 Å². The predicted octanol–water partition coefficient (Wildman–Crippen LogP) is 3.95. The van der Waals surface area contributed by atoms with Gasteiger partial charge in [-0.25, -0.2) is 4.39 Å². The topological polar surface area (TPSA) is 66.5 Å². The second kappa shape index (κ2) is 8.37. The summed E-state index contributed by atoms with van der Waals surface area (Å²) in [7, 11) is 0. The molecule has 0 atom stereocenters. The van der Waals surface area contributed by atoms with Crippen molar-refractivity contribution in [2.45, 2.75) is 0 Å². The molecule has 0 saturated carbocycles. The van der Waals surface area contributed by atoms with Crippen molar-refractivity contribution >= 4 is 46.5 Å². The van der Waals surface area contributed by atoms with E-state index in [0.717, 1.165) is 22.2 Å².